The normalized spacial score (nSPS) is 18.5. The topological polar surface area (TPSA) is 0 Å². The van der Waals surface area contributed by atoms with Gasteiger partial charge in [0, 0.05) is 0 Å². The Morgan fingerprint density at radius 1 is 1.07 bits per heavy atom. The molecule has 0 aliphatic heterocycles. The maximum Gasteiger partial charge on any atom is -0.00183 e. The summed E-state index contributed by atoms with van der Waals surface area (Å²) in [4.78, 5) is 0. The van der Waals surface area contributed by atoms with Gasteiger partial charge in [0.2, 0.25) is 0 Å². The third-order valence-corrected chi connectivity index (χ3v) is 3.90. The van der Waals surface area contributed by atoms with Crippen molar-refractivity contribution in [2.45, 2.75) is 44.9 Å². The molecule has 1 aliphatic rings. The minimum absolute atomic E-state index is 0.560. The molecule has 0 aromatic heterocycles. The highest BCUT2D eigenvalue weighted by Gasteiger charge is 2.48. The van der Waals surface area contributed by atoms with E-state index in [0.717, 1.165) is 5.92 Å². The van der Waals surface area contributed by atoms with Crippen LogP contribution < -0.4 is 0 Å². The van der Waals surface area contributed by atoms with Crippen molar-refractivity contribution in [1.82, 2.24) is 0 Å². The van der Waals surface area contributed by atoms with Crippen LogP contribution >= 0.6 is 0 Å². The first-order chi connectivity index (χ1) is 6.83. The molecule has 1 fully saturated rings. The van der Waals surface area contributed by atoms with Crippen LogP contribution in [0.4, 0.5) is 0 Å². The lowest BCUT2D eigenvalue weighted by atomic mass is 9.79. The molecule has 1 aromatic carbocycles. The molecule has 0 heterocycles. The largest absolute Gasteiger partial charge is 0.0651 e. The zero-order valence-electron chi connectivity index (χ0n) is 9.29. The SMILES string of the molecule is CCC(CC)C1(c2ccccc2)CC1. The van der Waals surface area contributed by atoms with Crippen LogP contribution in [0.2, 0.25) is 0 Å². The average molecular weight is 188 g/mol. The summed E-state index contributed by atoms with van der Waals surface area (Å²) in [7, 11) is 0. The lowest BCUT2D eigenvalue weighted by Crippen LogP contribution is -2.19. The van der Waals surface area contributed by atoms with Gasteiger partial charge in [-0.1, -0.05) is 57.0 Å². The lowest BCUT2D eigenvalue weighted by Gasteiger charge is -2.25. The highest BCUT2D eigenvalue weighted by Crippen LogP contribution is 2.55. The summed E-state index contributed by atoms with van der Waals surface area (Å²) in [5, 5.41) is 0. The van der Waals surface area contributed by atoms with Crippen molar-refractivity contribution in [3.63, 3.8) is 0 Å². The molecule has 0 saturated heterocycles. The van der Waals surface area contributed by atoms with E-state index in [2.05, 4.69) is 44.2 Å². The summed E-state index contributed by atoms with van der Waals surface area (Å²) in [5.74, 6) is 0.893. The van der Waals surface area contributed by atoms with Crippen molar-refractivity contribution in [3.8, 4) is 0 Å². The molecule has 0 spiro atoms. The third kappa shape index (κ3) is 1.47. The highest BCUT2D eigenvalue weighted by molar-refractivity contribution is 5.32. The van der Waals surface area contributed by atoms with Crippen LogP contribution in [0, 0.1) is 5.92 Å². The first kappa shape index (κ1) is 9.76. The number of rotatable bonds is 4. The molecule has 0 amide bonds. The molecule has 0 heteroatoms. The summed E-state index contributed by atoms with van der Waals surface area (Å²) >= 11 is 0. The second-order valence-corrected chi connectivity index (χ2v) is 4.54. The van der Waals surface area contributed by atoms with Gasteiger partial charge >= 0.3 is 0 Å². The van der Waals surface area contributed by atoms with Crippen molar-refractivity contribution < 1.29 is 0 Å². The first-order valence-corrected chi connectivity index (χ1v) is 5.89. The van der Waals surface area contributed by atoms with E-state index in [9.17, 15) is 0 Å². The number of benzene rings is 1. The van der Waals surface area contributed by atoms with Crippen LogP contribution in [0.15, 0.2) is 30.3 Å². The van der Waals surface area contributed by atoms with Gasteiger partial charge in [-0.05, 0) is 29.7 Å². The third-order valence-electron chi connectivity index (χ3n) is 3.90. The van der Waals surface area contributed by atoms with Gasteiger partial charge in [0.1, 0.15) is 0 Å². The van der Waals surface area contributed by atoms with Gasteiger partial charge in [0.25, 0.3) is 0 Å². The van der Waals surface area contributed by atoms with E-state index < -0.39 is 0 Å². The molecule has 0 bridgehead atoms. The Labute approximate surface area is 87.3 Å². The molecule has 76 valence electrons. The zero-order chi connectivity index (χ0) is 10.0. The van der Waals surface area contributed by atoms with Gasteiger partial charge in [-0.15, -0.1) is 0 Å². The fourth-order valence-electron chi connectivity index (χ4n) is 2.91. The average Bonchev–Trinajstić information content (AvgIpc) is 3.03. The Morgan fingerprint density at radius 2 is 1.64 bits per heavy atom. The van der Waals surface area contributed by atoms with Crippen molar-refractivity contribution in [1.29, 1.82) is 0 Å². The van der Waals surface area contributed by atoms with E-state index >= 15 is 0 Å². The molecule has 0 unspecified atom stereocenters. The van der Waals surface area contributed by atoms with E-state index in [0.29, 0.717) is 5.41 Å². The summed E-state index contributed by atoms with van der Waals surface area (Å²) in [6, 6.07) is 11.1. The van der Waals surface area contributed by atoms with Gasteiger partial charge in [-0.2, -0.15) is 0 Å². The van der Waals surface area contributed by atoms with Crippen molar-refractivity contribution in [3.05, 3.63) is 35.9 Å². The van der Waals surface area contributed by atoms with Crippen LogP contribution in [0.5, 0.6) is 0 Å². The Hall–Kier alpha value is -0.780. The summed E-state index contributed by atoms with van der Waals surface area (Å²) < 4.78 is 0. The molecule has 1 saturated carbocycles. The molecular weight excluding hydrogens is 168 g/mol. The Kier molecular flexibility index (Phi) is 2.62. The smallest absolute Gasteiger partial charge is 0.00183 e. The molecular formula is C14H20. The quantitative estimate of drug-likeness (QED) is 0.665. The monoisotopic (exact) mass is 188 g/mol. The van der Waals surface area contributed by atoms with E-state index in [1.165, 1.54) is 25.7 Å². The van der Waals surface area contributed by atoms with Crippen LogP contribution in [0.25, 0.3) is 0 Å². The lowest BCUT2D eigenvalue weighted by molar-refractivity contribution is 0.378. The minimum Gasteiger partial charge on any atom is -0.0651 e. The maximum absolute atomic E-state index is 2.33. The first-order valence-electron chi connectivity index (χ1n) is 5.89. The molecule has 14 heavy (non-hydrogen) atoms. The fourth-order valence-corrected chi connectivity index (χ4v) is 2.91. The van der Waals surface area contributed by atoms with Crippen LogP contribution in [-0.4, -0.2) is 0 Å². The Bertz CT molecular complexity index is 278. The molecule has 0 atom stereocenters. The van der Waals surface area contributed by atoms with Crippen molar-refractivity contribution in [2.75, 3.05) is 0 Å². The van der Waals surface area contributed by atoms with Gasteiger partial charge in [0.15, 0.2) is 0 Å². The summed E-state index contributed by atoms with van der Waals surface area (Å²) in [6.45, 7) is 4.66. The standard InChI is InChI=1S/C14H20/c1-3-12(4-2)14(10-11-14)13-8-6-5-7-9-13/h5-9,12H,3-4,10-11H2,1-2H3. The predicted molar refractivity (Wildman–Crippen MR) is 61.4 cm³/mol. The Morgan fingerprint density at radius 3 is 2.07 bits per heavy atom. The molecule has 0 radical (unpaired) electrons. The maximum atomic E-state index is 2.33. The number of hydrogen-bond donors (Lipinski definition) is 0. The van der Waals surface area contributed by atoms with Gasteiger partial charge in [-0.25, -0.2) is 0 Å². The summed E-state index contributed by atoms with van der Waals surface area (Å²) in [6.07, 6.45) is 5.46. The van der Waals surface area contributed by atoms with Gasteiger partial charge < -0.3 is 0 Å². The fraction of sp³-hybridized carbons (Fsp3) is 0.571. The van der Waals surface area contributed by atoms with Crippen molar-refractivity contribution in [2.24, 2.45) is 5.92 Å². The molecule has 1 aliphatic carbocycles. The molecule has 1 aromatic rings. The van der Waals surface area contributed by atoms with E-state index in [4.69, 9.17) is 0 Å². The van der Waals surface area contributed by atoms with Gasteiger partial charge in [-0.3, -0.25) is 0 Å². The van der Waals surface area contributed by atoms with E-state index in [-0.39, 0.29) is 0 Å². The van der Waals surface area contributed by atoms with E-state index in [1.54, 1.807) is 5.56 Å². The Balaban J connectivity index is 2.25. The van der Waals surface area contributed by atoms with Gasteiger partial charge in [0.05, 0.1) is 0 Å². The van der Waals surface area contributed by atoms with Crippen LogP contribution in [0.3, 0.4) is 0 Å². The van der Waals surface area contributed by atoms with Crippen molar-refractivity contribution >= 4 is 0 Å². The minimum atomic E-state index is 0.560. The summed E-state index contributed by atoms with van der Waals surface area (Å²) in [5.41, 5.74) is 2.14. The number of hydrogen-bond acceptors (Lipinski definition) is 0. The second kappa shape index (κ2) is 3.76. The predicted octanol–water partition coefficient (Wildman–Crippen LogP) is 4.15. The highest BCUT2D eigenvalue weighted by atomic mass is 14.5. The molecule has 0 N–H and O–H groups in total. The van der Waals surface area contributed by atoms with E-state index in [1.807, 2.05) is 0 Å². The van der Waals surface area contributed by atoms with Crippen LogP contribution in [0.1, 0.15) is 45.1 Å². The van der Waals surface area contributed by atoms with Crippen LogP contribution in [-0.2, 0) is 5.41 Å². The zero-order valence-corrected chi connectivity index (χ0v) is 9.29. The molecule has 2 rings (SSSR count). The second-order valence-electron chi connectivity index (χ2n) is 4.54. The molecule has 0 nitrogen and oxygen atoms in total.